The Bertz CT molecular complexity index is 670. The highest BCUT2D eigenvalue weighted by atomic mass is 35.5. The van der Waals surface area contributed by atoms with Gasteiger partial charge in [0.05, 0.1) is 16.3 Å². The fourth-order valence-corrected chi connectivity index (χ4v) is 2.12. The summed E-state index contributed by atoms with van der Waals surface area (Å²) in [5, 5.41) is 10.3. The molecule has 0 aliphatic heterocycles. The van der Waals surface area contributed by atoms with Crippen LogP contribution in [0.15, 0.2) is 48.5 Å². The average molecular weight is 289 g/mol. The molecule has 2 nitrogen and oxygen atoms in total. The molecule has 0 bridgehead atoms. The van der Waals surface area contributed by atoms with Crippen molar-refractivity contribution in [1.29, 1.82) is 5.26 Å². The molecular formula is C15H10Cl2N2. The van der Waals surface area contributed by atoms with Gasteiger partial charge in [0, 0.05) is 10.6 Å². The Hall–Kier alpha value is -1.95. The maximum absolute atomic E-state index is 9.31. The molecule has 4 heteroatoms. The summed E-state index contributed by atoms with van der Waals surface area (Å²) in [7, 11) is 0. The largest absolute Gasteiger partial charge is 0.397 e. The molecular weight excluding hydrogens is 279 g/mol. The van der Waals surface area contributed by atoms with Crippen LogP contribution in [0.2, 0.25) is 10.0 Å². The molecule has 0 radical (unpaired) electrons. The smallest absolute Gasteiger partial charge is 0.102 e. The predicted octanol–water partition coefficient (Wildman–Crippen LogP) is 4.34. The number of hydrogen-bond acceptors (Lipinski definition) is 2. The van der Waals surface area contributed by atoms with E-state index >= 15 is 0 Å². The summed E-state index contributed by atoms with van der Waals surface area (Å²) in [5.74, 6) is 0. The van der Waals surface area contributed by atoms with E-state index in [2.05, 4.69) is 6.07 Å². The van der Waals surface area contributed by atoms with Crippen molar-refractivity contribution in [3.8, 4) is 6.07 Å². The fourth-order valence-electron chi connectivity index (χ4n) is 1.72. The first kappa shape index (κ1) is 13.5. The summed E-state index contributed by atoms with van der Waals surface area (Å²) < 4.78 is 0. The third-order valence-corrected chi connectivity index (χ3v) is 3.23. The molecule has 0 unspecified atom stereocenters. The van der Waals surface area contributed by atoms with Crippen molar-refractivity contribution in [1.82, 2.24) is 0 Å². The molecule has 2 N–H and O–H groups in total. The molecule has 2 rings (SSSR count). The van der Waals surface area contributed by atoms with Crippen molar-refractivity contribution in [2.24, 2.45) is 5.73 Å². The van der Waals surface area contributed by atoms with Crippen molar-refractivity contribution in [3.05, 3.63) is 69.7 Å². The fraction of sp³-hybridized carbons (Fsp3) is 0. The second kappa shape index (κ2) is 5.79. The summed E-state index contributed by atoms with van der Waals surface area (Å²) in [5.41, 5.74) is 8.08. The first-order valence-corrected chi connectivity index (χ1v) is 6.29. The van der Waals surface area contributed by atoms with Gasteiger partial charge in [-0.3, -0.25) is 0 Å². The molecule has 0 amide bonds. The summed E-state index contributed by atoms with van der Waals surface area (Å²) in [6.07, 6.45) is 0. The Labute approximate surface area is 121 Å². The lowest BCUT2D eigenvalue weighted by atomic mass is 10.0. The van der Waals surface area contributed by atoms with Crippen molar-refractivity contribution in [2.75, 3.05) is 0 Å². The number of nitrogens with zero attached hydrogens (tertiary/aromatic N) is 1. The maximum atomic E-state index is 9.31. The highest BCUT2D eigenvalue weighted by Crippen LogP contribution is 2.29. The normalized spacial score (nSPS) is 11.6. The van der Waals surface area contributed by atoms with Gasteiger partial charge in [-0.15, -0.1) is 0 Å². The van der Waals surface area contributed by atoms with Gasteiger partial charge in [0.25, 0.3) is 0 Å². The van der Waals surface area contributed by atoms with Crippen LogP contribution in [0, 0.1) is 11.3 Å². The van der Waals surface area contributed by atoms with E-state index < -0.39 is 0 Å². The highest BCUT2D eigenvalue weighted by Gasteiger charge is 2.11. The predicted molar refractivity (Wildman–Crippen MR) is 79.5 cm³/mol. The lowest BCUT2D eigenvalue weighted by Gasteiger charge is -2.08. The van der Waals surface area contributed by atoms with Gasteiger partial charge in [0.15, 0.2) is 0 Å². The first-order chi connectivity index (χ1) is 9.13. The molecule has 2 aromatic carbocycles. The minimum absolute atomic E-state index is 0.321. The summed E-state index contributed by atoms with van der Waals surface area (Å²) >= 11 is 12.0. The minimum atomic E-state index is 0.321. The zero-order valence-electron chi connectivity index (χ0n) is 9.90. The maximum Gasteiger partial charge on any atom is 0.102 e. The number of allylic oxidation sites excluding steroid dienone is 1. The number of rotatable bonds is 2. The molecule has 0 aliphatic carbocycles. The molecule has 0 aliphatic rings. The third kappa shape index (κ3) is 2.90. The lowest BCUT2D eigenvalue weighted by molar-refractivity contribution is 1.48. The zero-order valence-corrected chi connectivity index (χ0v) is 11.4. The topological polar surface area (TPSA) is 49.8 Å². The molecule has 0 atom stereocenters. The van der Waals surface area contributed by atoms with Gasteiger partial charge in [-0.2, -0.15) is 5.26 Å². The Morgan fingerprint density at radius 2 is 1.74 bits per heavy atom. The SMILES string of the molecule is N#C/C(=C(/N)c1cc(Cl)ccc1Cl)c1ccccc1. The van der Waals surface area contributed by atoms with Crippen LogP contribution in [-0.4, -0.2) is 0 Å². The minimum Gasteiger partial charge on any atom is -0.397 e. The average Bonchev–Trinajstić information content (AvgIpc) is 2.43. The molecule has 2 aromatic rings. The van der Waals surface area contributed by atoms with E-state index in [9.17, 15) is 5.26 Å². The van der Waals surface area contributed by atoms with Crippen LogP contribution in [0.5, 0.6) is 0 Å². The van der Waals surface area contributed by atoms with Gasteiger partial charge in [0.2, 0.25) is 0 Å². The van der Waals surface area contributed by atoms with Crippen molar-refractivity contribution in [3.63, 3.8) is 0 Å². The van der Waals surface area contributed by atoms with E-state index in [1.54, 1.807) is 18.2 Å². The van der Waals surface area contributed by atoms with E-state index in [-0.39, 0.29) is 0 Å². The third-order valence-electron chi connectivity index (χ3n) is 2.66. The van der Waals surface area contributed by atoms with Crippen LogP contribution < -0.4 is 5.73 Å². The van der Waals surface area contributed by atoms with E-state index in [0.717, 1.165) is 5.56 Å². The summed E-state index contributed by atoms with van der Waals surface area (Å²) in [6, 6.07) is 16.3. The Morgan fingerprint density at radius 3 is 2.37 bits per heavy atom. The number of nitrogens with two attached hydrogens (primary N) is 1. The molecule has 94 valence electrons. The van der Waals surface area contributed by atoms with Crippen LogP contribution in [0.4, 0.5) is 0 Å². The van der Waals surface area contributed by atoms with E-state index in [4.69, 9.17) is 28.9 Å². The van der Waals surface area contributed by atoms with Crippen LogP contribution in [0.1, 0.15) is 11.1 Å². The summed E-state index contributed by atoms with van der Waals surface area (Å²) in [4.78, 5) is 0. The van der Waals surface area contributed by atoms with Gasteiger partial charge in [0.1, 0.15) is 6.07 Å². The van der Waals surface area contributed by atoms with E-state index in [1.807, 2.05) is 30.3 Å². The van der Waals surface area contributed by atoms with Crippen LogP contribution >= 0.6 is 23.2 Å². The van der Waals surface area contributed by atoms with Gasteiger partial charge < -0.3 is 5.73 Å². The second-order valence-corrected chi connectivity index (χ2v) is 4.73. The molecule has 0 spiro atoms. The Morgan fingerprint density at radius 1 is 1.05 bits per heavy atom. The molecule has 0 heterocycles. The van der Waals surface area contributed by atoms with Crippen LogP contribution in [-0.2, 0) is 0 Å². The van der Waals surface area contributed by atoms with E-state index in [1.165, 1.54) is 0 Å². The molecule has 0 saturated heterocycles. The second-order valence-electron chi connectivity index (χ2n) is 3.89. The van der Waals surface area contributed by atoms with Crippen molar-refractivity contribution >= 4 is 34.5 Å². The molecule has 0 aromatic heterocycles. The van der Waals surface area contributed by atoms with Crippen molar-refractivity contribution in [2.45, 2.75) is 0 Å². The molecule has 0 fully saturated rings. The molecule has 0 saturated carbocycles. The van der Waals surface area contributed by atoms with Crippen LogP contribution in [0.3, 0.4) is 0 Å². The molecule has 19 heavy (non-hydrogen) atoms. The number of hydrogen-bond donors (Lipinski definition) is 1. The Kier molecular flexibility index (Phi) is 4.11. The van der Waals surface area contributed by atoms with Crippen LogP contribution in [0.25, 0.3) is 11.3 Å². The van der Waals surface area contributed by atoms with Gasteiger partial charge in [-0.25, -0.2) is 0 Å². The van der Waals surface area contributed by atoms with Gasteiger partial charge >= 0.3 is 0 Å². The highest BCUT2D eigenvalue weighted by molar-refractivity contribution is 6.34. The number of nitriles is 1. The quantitative estimate of drug-likeness (QED) is 0.660. The van der Waals surface area contributed by atoms with Crippen molar-refractivity contribution < 1.29 is 0 Å². The monoisotopic (exact) mass is 288 g/mol. The zero-order chi connectivity index (χ0) is 13.8. The number of halogens is 2. The standard InChI is InChI=1S/C15H10Cl2N2/c16-11-6-7-14(17)12(8-11)15(19)13(9-18)10-4-2-1-3-5-10/h1-8H,19H2/b15-13-. The Balaban J connectivity index is 2.62. The van der Waals surface area contributed by atoms with Gasteiger partial charge in [-0.1, -0.05) is 53.5 Å². The number of benzene rings is 2. The first-order valence-electron chi connectivity index (χ1n) is 5.54. The summed E-state index contributed by atoms with van der Waals surface area (Å²) in [6.45, 7) is 0. The van der Waals surface area contributed by atoms with Gasteiger partial charge in [-0.05, 0) is 23.8 Å². The lowest BCUT2D eigenvalue weighted by Crippen LogP contribution is -2.01. The van der Waals surface area contributed by atoms with E-state index in [0.29, 0.717) is 26.9 Å².